The van der Waals surface area contributed by atoms with Crippen molar-refractivity contribution in [1.29, 1.82) is 0 Å². The molecule has 0 aromatic heterocycles. The molecule has 8 nitrogen and oxygen atoms in total. The number of carbonyl (C=O) groups excluding carboxylic acids is 1. The number of hydrogen-bond donors (Lipinski definition) is 6. The third kappa shape index (κ3) is 3.54. The average Bonchev–Trinajstić information content (AvgIpc) is 2.49. The molecule has 22 heavy (non-hydrogen) atoms. The van der Waals surface area contributed by atoms with E-state index < -0.39 is 43.3 Å². The lowest BCUT2D eigenvalue weighted by Gasteiger charge is -2.40. The number of benzene rings is 1. The van der Waals surface area contributed by atoms with Crippen molar-refractivity contribution >= 4 is 11.7 Å². The monoisotopic (exact) mass is 312 g/mol. The number of para-hydroxylation sites is 1. The molecule has 1 saturated heterocycles. The summed E-state index contributed by atoms with van der Waals surface area (Å²) >= 11 is 0. The first-order valence-corrected chi connectivity index (χ1v) is 6.87. The summed E-state index contributed by atoms with van der Waals surface area (Å²) in [6.45, 7) is 1.26. The highest BCUT2D eigenvalue weighted by Gasteiger charge is 2.44. The molecule has 1 heterocycles. The summed E-state index contributed by atoms with van der Waals surface area (Å²) in [5.41, 5.74) is 1.42. The highest BCUT2D eigenvalue weighted by molar-refractivity contribution is 5.90. The minimum absolute atomic E-state index is 0.558. The molecule has 8 heteroatoms. The normalized spacial score (nSPS) is 31.6. The molecule has 5 atom stereocenters. The summed E-state index contributed by atoms with van der Waals surface area (Å²) in [6, 6.07) is 5.23. The summed E-state index contributed by atoms with van der Waals surface area (Å²) in [7, 11) is 0. The number of aryl methyl sites for hydroxylation is 1. The highest BCUT2D eigenvalue weighted by Crippen LogP contribution is 2.20. The predicted molar refractivity (Wildman–Crippen MR) is 77.1 cm³/mol. The summed E-state index contributed by atoms with van der Waals surface area (Å²) in [4.78, 5) is 12.0. The predicted octanol–water partition coefficient (Wildman–Crippen LogP) is -1.08. The van der Waals surface area contributed by atoms with E-state index in [-0.39, 0.29) is 0 Å². The van der Waals surface area contributed by atoms with Crippen molar-refractivity contribution < 1.29 is 30.0 Å². The Morgan fingerprint density at radius 2 is 1.91 bits per heavy atom. The van der Waals surface area contributed by atoms with Gasteiger partial charge in [0, 0.05) is 5.69 Å². The van der Waals surface area contributed by atoms with Crippen LogP contribution in [0.1, 0.15) is 5.56 Å². The molecule has 0 saturated carbocycles. The van der Waals surface area contributed by atoms with Crippen LogP contribution < -0.4 is 10.6 Å². The molecule has 0 radical (unpaired) electrons. The van der Waals surface area contributed by atoms with Gasteiger partial charge in [0.15, 0.2) is 6.29 Å². The van der Waals surface area contributed by atoms with Crippen LogP contribution in [-0.4, -0.2) is 63.7 Å². The first-order valence-electron chi connectivity index (χ1n) is 6.87. The van der Waals surface area contributed by atoms with Gasteiger partial charge in [0.25, 0.3) is 0 Å². The fourth-order valence-electron chi connectivity index (χ4n) is 2.28. The van der Waals surface area contributed by atoms with E-state index in [4.69, 9.17) is 9.84 Å². The zero-order chi connectivity index (χ0) is 16.3. The lowest BCUT2D eigenvalue weighted by Crippen LogP contribution is -2.64. The molecule has 1 fully saturated rings. The van der Waals surface area contributed by atoms with Gasteiger partial charge in [-0.3, -0.25) is 0 Å². The van der Waals surface area contributed by atoms with E-state index in [1.54, 1.807) is 12.1 Å². The number of nitrogens with one attached hydrogen (secondary N) is 2. The summed E-state index contributed by atoms with van der Waals surface area (Å²) in [6.07, 6.45) is -5.54. The summed E-state index contributed by atoms with van der Waals surface area (Å²) in [5.74, 6) is 0. The number of aliphatic hydroxyl groups is 4. The van der Waals surface area contributed by atoms with E-state index in [0.29, 0.717) is 5.69 Å². The van der Waals surface area contributed by atoms with Crippen LogP contribution in [0.15, 0.2) is 24.3 Å². The van der Waals surface area contributed by atoms with E-state index >= 15 is 0 Å². The number of carbonyl (C=O) groups is 1. The van der Waals surface area contributed by atoms with Crippen molar-refractivity contribution in [1.82, 2.24) is 5.32 Å². The first kappa shape index (κ1) is 16.7. The van der Waals surface area contributed by atoms with E-state index in [1.807, 2.05) is 19.1 Å². The topological polar surface area (TPSA) is 131 Å². The Kier molecular flexibility index (Phi) is 5.33. The maximum Gasteiger partial charge on any atom is 0.319 e. The van der Waals surface area contributed by atoms with Crippen LogP contribution in [0.2, 0.25) is 0 Å². The zero-order valence-electron chi connectivity index (χ0n) is 12.0. The smallest absolute Gasteiger partial charge is 0.319 e. The molecule has 1 aliphatic rings. The number of amides is 2. The maximum atomic E-state index is 12.0. The Bertz CT molecular complexity index is 526. The molecule has 2 rings (SSSR count). The number of ether oxygens (including phenoxy) is 1. The Labute approximate surface area is 127 Å². The molecule has 1 aromatic carbocycles. The van der Waals surface area contributed by atoms with E-state index in [9.17, 15) is 20.1 Å². The van der Waals surface area contributed by atoms with Crippen molar-refractivity contribution in [2.75, 3.05) is 11.9 Å². The average molecular weight is 312 g/mol. The van der Waals surface area contributed by atoms with E-state index in [2.05, 4.69) is 10.6 Å². The number of rotatable bonds is 3. The van der Waals surface area contributed by atoms with Gasteiger partial charge in [-0.25, -0.2) is 4.79 Å². The minimum atomic E-state index is -1.54. The second-order valence-corrected chi connectivity index (χ2v) is 5.17. The quantitative estimate of drug-likeness (QED) is 0.421. The SMILES string of the molecule is Cc1ccccc1NC(=O)N[C@H]1C(O)O[C@H](CO)[C@@H](O)[C@@H]1O. The second-order valence-electron chi connectivity index (χ2n) is 5.17. The molecule has 0 aliphatic carbocycles. The van der Waals surface area contributed by atoms with Gasteiger partial charge < -0.3 is 35.8 Å². The Hall–Kier alpha value is -1.71. The lowest BCUT2D eigenvalue weighted by atomic mass is 9.97. The van der Waals surface area contributed by atoms with Crippen LogP contribution in [0.3, 0.4) is 0 Å². The summed E-state index contributed by atoms with van der Waals surface area (Å²) < 4.78 is 4.96. The van der Waals surface area contributed by atoms with Crippen LogP contribution in [0.25, 0.3) is 0 Å². The van der Waals surface area contributed by atoms with Crippen LogP contribution >= 0.6 is 0 Å². The largest absolute Gasteiger partial charge is 0.394 e. The number of urea groups is 1. The van der Waals surface area contributed by atoms with Crippen molar-refractivity contribution in [3.63, 3.8) is 0 Å². The van der Waals surface area contributed by atoms with Crippen molar-refractivity contribution in [3.8, 4) is 0 Å². The molecule has 2 amide bonds. The van der Waals surface area contributed by atoms with Gasteiger partial charge in [-0.2, -0.15) is 0 Å². The van der Waals surface area contributed by atoms with E-state index in [0.717, 1.165) is 5.56 Å². The number of hydrogen-bond acceptors (Lipinski definition) is 6. The fourth-order valence-corrected chi connectivity index (χ4v) is 2.28. The van der Waals surface area contributed by atoms with Gasteiger partial charge in [0.2, 0.25) is 0 Å². The Morgan fingerprint density at radius 1 is 1.23 bits per heavy atom. The number of aliphatic hydroxyl groups excluding tert-OH is 4. The molecule has 0 bridgehead atoms. The molecular weight excluding hydrogens is 292 g/mol. The van der Waals surface area contributed by atoms with Gasteiger partial charge in [-0.1, -0.05) is 18.2 Å². The van der Waals surface area contributed by atoms with Crippen molar-refractivity contribution in [3.05, 3.63) is 29.8 Å². The van der Waals surface area contributed by atoms with Crippen LogP contribution in [0.4, 0.5) is 10.5 Å². The number of anilines is 1. The third-order valence-corrected chi connectivity index (χ3v) is 3.59. The fraction of sp³-hybridized carbons (Fsp3) is 0.500. The third-order valence-electron chi connectivity index (χ3n) is 3.59. The van der Waals surface area contributed by atoms with Gasteiger partial charge in [0.05, 0.1) is 6.61 Å². The van der Waals surface area contributed by atoms with Crippen LogP contribution in [-0.2, 0) is 4.74 Å². The first-order chi connectivity index (χ1) is 10.4. The van der Waals surface area contributed by atoms with Crippen LogP contribution in [0, 0.1) is 6.92 Å². The van der Waals surface area contributed by atoms with Crippen molar-refractivity contribution in [2.45, 2.75) is 37.6 Å². The van der Waals surface area contributed by atoms with Gasteiger partial charge in [0.1, 0.15) is 24.4 Å². The minimum Gasteiger partial charge on any atom is -0.394 e. The highest BCUT2D eigenvalue weighted by atomic mass is 16.6. The standard InChI is InChI=1S/C14H20N2O6/c1-7-4-2-3-5-8(7)15-14(21)16-10-12(19)11(18)9(6-17)22-13(10)20/h2-5,9-13,17-20H,6H2,1H3,(H2,15,16,21)/t9-,10-,11-,12-,13?/m1/s1. The second kappa shape index (κ2) is 7.03. The summed E-state index contributed by atoms with van der Waals surface area (Å²) in [5, 5.41) is 43.4. The van der Waals surface area contributed by atoms with Crippen molar-refractivity contribution in [2.24, 2.45) is 0 Å². The van der Waals surface area contributed by atoms with Crippen LogP contribution in [0.5, 0.6) is 0 Å². The molecule has 1 aliphatic heterocycles. The van der Waals surface area contributed by atoms with Gasteiger partial charge >= 0.3 is 6.03 Å². The molecular formula is C14H20N2O6. The lowest BCUT2D eigenvalue weighted by molar-refractivity contribution is -0.252. The van der Waals surface area contributed by atoms with Gasteiger partial charge in [-0.05, 0) is 18.6 Å². The molecule has 1 aromatic rings. The molecule has 122 valence electrons. The Morgan fingerprint density at radius 3 is 2.55 bits per heavy atom. The molecule has 6 N–H and O–H groups in total. The maximum absolute atomic E-state index is 12.0. The molecule has 1 unspecified atom stereocenters. The van der Waals surface area contributed by atoms with E-state index in [1.165, 1.54) is 0 Å². The van der Waals surface area contributed by atoms with Gasteiger partial charge in [-0.15, -0.1) is 0 Å². The zero-order valence-corrected chi connectivity index (χ0v) is 12.0. The molecule has 0 spiro atoms. The Balaban J connectivity index is 2.00.